The van der Waals surface area contributed by atoms with Crippen LogP contribution >= 0.6 is 0 Å². The van der Waals surface area contributed by atoms with E-state index in [-0.39, 0.29) is 0 Å². The molecule has 5 heteroatoms. The van der Waals surface area contributed by atoms with Gasteiger partial charge in [-0.25, -0.2) is 9.97 Å². The van der Waals surface area contributed by atoms with Crippen LogP contribution in [0, 0.1) is 5.92 Å². The molecular weight excluding hydrogens is 262 g/mol. The number of likely N-dealkylation sites (tertiary alicyclic amines) is 1. The molecule has 1 atom stereocenters. The SMILES string of the molecule is CCNc1cc(NCC2CCN(C(C)C)C2)nc(CC)n1. The summed E-state index contributed by atoms with van der Waals surface area (Å²) in [6.07, 6.45) is 2.13. The summed E-state index contributed by atoms with van der Waals surface area (Å²) in [5.41, 5.74) is 0. The minimum Gasteiger partial charge on any atom is -0.370 e. The molecule has 118 valence electrons. The molecule has 5 nitrogen and oxygen atoms in total. The highest BCUT2D eigenvalue weighted by Gasteiger charge is 2.23. The molecule has 1 fully saturated rings. The van der Waals surface area contributed by atoms with E-state index in [1.807, 2.05) is 6.07 Å². The van der Waals surface area contributed by atoms with Gasteiger partial charge in [-0.15, -0.1) is 0 Å². The summed E-state index contributed by atoms with van der Waals surface area (Å²) in [6, 6.07) is 2.67. The van der Waals surface area contributed by atoms with Crippen LogP contribution in [-0.2, 0) is 6.42 Å². The maximum Gasteiger partial charge on any atom is 0.132 e. The van der Waals surface area contributed by atoms with Gasteiger partial charge in [-0.3, -0.25) is 0 Å². The first-order valence-corrected chi connectivity index (χ1v) is 8.22. The second-order valence-electron chi connectivity index (χ2n) is 6.06. The van der Waals surface area contributed by atoms with Crippen LogP contribution in [-0.4, -0.2) is 47.1 Å². The van der Waals surface area contributed by atoms with Crippen LogP contribution < -0.4 is 10.6 Å². The van der Waals surface area contributed by atoms with Crippen LogP contribution in [0.4, 0.5) is 11.6 Å². The molecule has 2 heterocycles. The highest BCUT2D eigenvalue weighted by molar-refractivity contribution is 5.47. The molecular formula is C16H29N5. The molecule has 0 radical (unpaired) electrons. The van der Waals surface area contributed by atoms with Crippen molar-refractivity contribution in [2.24, 2.45) is 5.92 Å². The van der Waals surface area contributed by atoms with Gasteiger partial charge in [-0.2, -0.15) is 0 Å². The number of aryl methyl sites for hydroxylation is 1. The van der Waals surface area contributed by atoms with Gasteiger partial charge < -0.3 is 15.5 Å². The zero-order valence-corrected chi connectivity index (χ0v) is 13.8. The molecule has 0 saturated carbocycles. The van der Waals surface area contributed by atoms with Crippen molar-refractivity contribution in [1.29, 1.82) is 0 Å². The lowest BCUT2D eigenvalue weighted by molar-refractivity contribution is 0.266. The van der Waals surface area contributed by atoms with Crippen molar-refractivity contribution in [2.75, 3.05) is 36.8 Å². The predicted octanol–water partition coefficient (Wildman–Crippen LogP) is 2.61. The Morgan fingerprint density at radius 3 is 2.52 bits per heavy atom. The van der Waals surface area contributed by atoms with E-state index in [0.717, 1.165) is 42.9 Å². The van der Waals surface area contributed by atoms with Crippen LogP contribution in [0.3, 0.4) is 0 Å². The van der Waals surface area contributed by atoms with Gasteiger partial charge in [0.1, 0.15) is 17.5 Å². The van der Waals surface area contributed by atoms with Gasteiger partial charge in [-0.1, -0.05) is 6.92 Å². The van der Waals surface area contributed by atoms with E-state index in [1.165, 1.54) is 19.5 Å². The van der Waals surface area contributed by atoms with E-state index in [2.05, 4.69) is 53.2 Å². The van der Waals surface area contributed by atoms with Crippen molar-refractivity contribution in [3.63, 3.8) is 0 Å². The van der Waals surface area contributed by atoms with E-state index in [9.17, 15) is 0 Å². The molecule has 1 aliphatic rings. The zero-order valence-electron chi connectivity index (χ0n) is 13.8. The first-order valence-electron chi connectivity index (χ1n) is 8.22. The topological polar surface area (TPSA) is 53.1 Å². The monoisotopic (exact) mass is 291 g/mol. The molecule has 21 heavy (non-hydrogen) atoms. The Hall–Kier alpha value is -1.36. The standard InChI is InChI=1S/C16H29N5/c1-5-14-19-15(17-6-2)9-16(20-14)18-10-13-7-8-21(11-13)12(3)4/h9,12-13H,5-8,10-11H2,1-4H3,(H2,17,18,19,20). The van der Waals surface area contributed by atoms with Crippen LogP contribution in [0.5, 0.6) is 0 Å². The molecule has 0 aromatic carbocycles. The van der Waals surface area contributed by atoms with Gasteiger partial charge in [0.15, 0.2) is 0 Å². The van der Waals surface area contributed by atoms with Crippen LogP contribution in [0.15, 0.2) is 6.07 Å². The normalized spacial score (nSPS) is 19.2. The van der Waals surface area contributed by atoms with Crippen LogP contribution in [0.2, 0.25) is 0 Å². The van der Waals surface area contributed by atoms with Gasteiger partial charge in [0.2, 0.25) is 0 Å². The number of hydrogen-bond donors (Lipinski definition) is 2. The van der Waals surface area contributed by atoms with E-state index in [0.29, 0.717) is 6.04 Å². The Morgan fingerprint density at radius 2 is 1.95 bits per heavy atom. The van der Waals surface area contributed by atoms with Crippen LogP contribution in [0.1, 0.15) is 39.9 Å². The second-order valence-corrected chi connectivity index (χ2v) is 6.06. The molecule has 1 saturated heterocycles. The number of hydrogen-bond acceptors (Lipinski definition) is 5. The number of nitrogens with one attached hydrogen (secondary N) is 2. The van der Waals surface area contributed by atoms with E-state index in [4.69, 9.17) is 0 Å². The highest BCUT2D eigenvalue weighted by Crippen LogP contribution is 2.19. The minimum absolute atomic E-state index is 0.654. The average molecular weight is 291 g/mol. The lowest BCUT2D eigenvalue weighted by Crippen LogP contribution is -2.29. The molecule has 1 unspecified atom stereocenters. The summed E-state index contributed by atoms with van der Waals surface area (Å²) in [5.74, 6) is 3.48. The van der Waals surface area contributed by atoms with Gasteiger partial charge >= 0.3 is 0 Å². The third-order valence-electron chi connectivity index (χ3n) is 4.07. The molecule has 0 aliphatic carbocycles. The van der Waals surface area contributed by atoms with Crippen molar-refractivity contribution in [3.05, 3.63) is 11.9 Å². The average Bonchev–Trinajstić information content (AvgIpc) is 2.94. The molecule has 1 aromatic rings. The third-order valence-corrected chi connectivity index (χ3v) is 4.07. The Balaban J connectivity index is 1.92. The van der Waals surface area contributed by atoms with E-state index >= 15 is 0 Å². The predicted molar refractivity (Wildman–Crippen MR) is 88.9 cm³/mol. The quantitative estimate of drug-likeness (QED) is 0.809. The van der Waals surface area contributed by atoms with Crippen molar-refractivity contribution < 1.29 is 0 Å². The molecule has 0 amide bonds. The number of nitrogens with zero attached hydrogens (tertiary/aromatic N) is 3. The summed E-state index contributed by atoms with van der Waals surface area (Å²) in [5, 5.41) is 6.78. The number of anilines is 2. The molecule has 1 aromatic heterocycles. The zero-order chi connectivity index (χ0) is 15.2. The Labute approximate surface area is 128 Å². The molecule has 1 aliphatic heterocycles. The Bertz CT molecular complexity index is 446. The fourth-order valence-electron chi connectivity index (χ4n) is 2.76. The van der Waals surface area contributed by atoms with Crippen molar-refractivity contribution in [1.82, 2.24) is 14.9 Å². The minimum atomic E-state index is 0.654. The van der Waals surface area contributed by atoms with Gasteiger partial charge in [0.25, 0.3) is 0 Å². The largest absolute Gasteiger partial charge is 0.370 e. The first-order chi connectivity index (χ1) is 10.1. The maximum atomic E-state index is 4.57. The second kappa shape index (κ2) is 7.59. The summed E-state index contributed by atoms with van der Waals surface area (Å²) < 4.78 is 0. The third kappa shape index (κ3) is 4.56. The summed E-state index contributed by atoms with van der Waals surface area (Å²) in [6.45, 7) is 13.0. The van der Waals surface area contributed by atoms with Crippen molar-refractivity contribution in [2.45, 2.75) is 46.6 Å². The number of rotatable bonds is 7. The molecule has 2 N–H and O–H groups in total. The summed E-state index contributed by atoms with van der Waals surface area (Å²) in [4.78, 5) is 11.6. The molecule has 2 rings (SSSR count). The lowest BCUT2D eigenvalue weighted by Gasteiger charge is -2.20. The van der Waals surface area contributed by atoms with Gasteiger partial charge in [-0.05, 0) is 39.7 Å². The lowest BCUT2D eigenvalue weighted by atomic mass is 10.1. The van der Waals surface area contributed by atoms with Crippen molar-refractivity contribution >= 4 is 11.6 Å². The number of aromatic nitrogens is 2. The first kappa shape index (κ1) is 16.0. The maximum absolute atomic E-state index is 4.57. The van der Waals surface area contributed by atoms with Gasteiger partial charge in [0.05, 0.1) is 0 Å². The molecule has 0 bridgehead atoms. The fraction of sp³-hybridized carbons (Fsp3) is 0.750. The highest BCUT2D eigenvalue weighted by atomic mass is 15.2. The van der Waals surface area contributed by atoms with Crippen LogP contribution in [0.25, 0.3) is 0 Å². The smallest absolute Gasteiger partial charge is 0.132 e. The van der Waals surface area contributed by atoms with Crippen molar-refractivity contribution in [3.8, 4) is 0 Å². The summed E-state index contributed by atoms with van der Waals surface area (Å²) in [7, 11) is 0. The van der Waals surface area contributed by atoms with E-state index < -0.39 is 0 Å². The summed E-state index contributed by atoms with van der Waals surface area (Å²) >= 11 is 0. The Kier molecular flexibility index (Phi) is 5.79. The van der Waals surface area contributed by atoms with E-state index in [1.54, 1.807) is 0 Å². The Morgan fingerprint density at radius 1 is 1.24 bits per heavy atom. The molecule has 0 spiro atoms. The fourth-order valence-corrected chi connectivity index (χ4v) is 2.76. The van der Waals surface area contributed by atoms with Gasteiger partial charge in [0, 0.05) is 38.2 Å².